The minimum Gasteiger partial charge on any atom is -0.356 e. The first-order valence-corrected chi connectivity index (χ1v) is 10.4. The fourth-order valence-electron chi connectivity index (χ4n) is 4.58. The molecule has 2 N–H and O–H groups in total. The van der Waals surface area contributed by atoms with E-state index in [1.54, 1.807) is 0 Å². The summed E-state index contributed by atoms with van der Waals surface area (Å²) in [6, 6.07) is 11.9. The molecule has 1 saturated heterocycles. The van der Waals surface area contributed by atoms with Gasteiger partial charge in [0.25, 0.3) is 0 Å². The van der Waals surface area contributed by atoms with E-state index in [4.69, 9.17) is 0 Å². The fraction of sp³-hybridized carbons (Fsp3) is 0.545. The minimum absolute atomic E-state index is 0.510. The van der Waals surface area contributed by atoms with Gasteiger partial charge in [-0.05, 0) is 37.3 Å². The average Bonchev–Trinajstić information content (AvgIpc) is 3.39. The van der Waals surface area contributed by atoms with E-state index in [0.717, 1.165) is 37.0 Å². The molecule has 1 aliphatic heterocycles. The molecule has 0 radical (unpaired) electrons. The number of nitrogens with zero attached hydrogens (tertiary/aromatic N) is 3. The van der Waals surface area contributed by atoms with Crippen molar-refractivity contribution >= 4 is 16.9 Å². The van der Waals surface area contributed by atoms with Crippen molar-refractivity contribution in [1.82, 2.24) is 20.5 Å². The Hall–Kier alpha value is -2.14. The summed E-state index contributed by atoms with van der Waals surface area (Å²) in [6.45, 7) is 3.23. The van der Waals surface area contributed by atoms with Crippen LogP contribution in [0.4, 0.5) is 0 Å². The second-order valence-electron chi connectivity index (χ2n) is 7.80. The Morgan fingerprint density at radius 3 is 2.89 bits per heavy atom. The Morgan fingerprint density at radius 1 is 1.19 bits per heavy atom. The van der Waals surface area contributed by atoms with Crippen LogP contribution in [0.3, 0.4) is 0 Å². The molecule has 1 aromatic heterocycles. The number of rotatable bonds is 5. The van der Waals surface area contributed by atoms with Gasteiger partial charge in [-0.25, -0.2) is 0 Å². The van der Waals surface area contributed by atoms with Crippen LogP contribution in [0.5, 0.6) is 0 Å². The second-order valence-corrected chi connectivity index (χ2v) is 7.80. The van der Waals surface area contributed by atoms with Crippen LogP contribution in [0.15, 0.2) is 41.5 Å². The van der Waals surface area contributed by atoms with Crippen LogP contribution in [0.1, 0.15) is 37.7 Å². The Balaban J connectivity index is 1.27. The van der Waals surface area contributed by atoms with Crippen LogP contribution in [0, 0.1) is 0 Å². The standard InChI is InChI=1S/C22H31N5/c1-23-22(26-19-12-15-27(16-19)20-9-2-3-10-20)25-14-11-18-7-4-6-17-8-5-13-24-21(17)18/h4-8,13,19-20H,2-3,9-12,14-16H2,1H3,(H2,23,25,26). The lowest BCUT2D eigenvalue weighted by molar-refractivity contribution is 0.242. The molecule has 144 valence electrons. The first-order valence-electron chi connectivity index (χ1n) is 10.4. The van der Waals surface area contributed by atoms with Crippen LogP contribution in [-0.4, -0.2) is 54.6 Å². The Bertz CT molecular complexity index is 776. The number of pyridine rings is 1. The number of aromatic nitrogens is 1. The molecule has 0 amide bonds. The van der Waals surface area contributed by atoms with E-state index in [1.807, 2.05) is 19.3 Å². The predicted octanol–water partition coefficient (Wildman–Crippen LogP) is 2.96. The average molecular weight is 366 g/mol. The zero-order chi connectivity index (χ0) is 18.5. The van der Waals surface area contributed by atoms with E-state index in [1.165, 1.54) is 49.6 Å². The predicted molar refractivity (Wildman–Crippen MR) is 112 cm³/mol. The first-order chi connectivity index (χ1) is 13.3. The van der Waals surface area contributed by atoms with Crippen molar-refractivity contribution in [1.29, 1.82) is 0 Å². The molecule has 2 heterocycles. The molecule has 5 nitrogen and oxygen atoms in total. The third kappa shape index (κ3) is 4.41. The van der Waals surface area contributed by atoms with E-state index in [9.17, 15) is 0 Å². The largest absolute Gasteiger partial charge is 0.356 e. The number of hydrogen-bond acceptors (Lipinski definition) is 3. The van der Waals surface area contributed by atoms with Gasteiger partial charge in [-0.2, -0.15) is 0 Å². The number of para-hydroxylation sites is 1. The number of likely N-dealkylation sites (tertiary alicyclic amines) is 1. The topological polar surface area (TPSA) is 52.6 Å². The van der Waals surface area contributed by atoms with Gasteiger partial charge < -0.3 is 10.6 Å². The van der Waals surface area contributed by atoms with Crippen molar-refractivity contribution in [2.45, 2.75) is 50.6 Å². The monoisotopic (exact) mass is 365 g/mol. The minimum atomic E-state index is 0.510. The van der Waals surface area contributed by atoms with E-state index in [2.05, 4.69) is 49.8 Å². The third-order valence-electron chi connectivity index (χ3n) is 6.03. The number of nitrogens with one attached hydrogen (secondary N) is 2. The molecule has 0 spiro atoms. The Morgan fingerprint density at radius 2 is 2.04 bits per heavy atom. The van der Waals surface area contributed by atoms with Gasteiger partial charge in [0.1, 0.15) is 0 Å². The normalized spacial score (nSPS) is 21.8. The number of fused-ring (bicyclic) bond motifs is 1. The lowest BCUT2D eigenvalue weighted by Crippen LogP contribution is -2.45. The van der Waals surface area contributed by atoms with Crippen molar-refractivity contribution in [2.75, 3.05) is 26.7 Å². The summed E-state index contributed by atoms with van der Waals surface area (Å²) in [5, 5.41) is 8.31. The van der Waals surface area contributed by atoms with Crippen molar-refractivity contribution in [3.05, 3.63) is 42.1 Å². The quantitative estimate of drug-likeness (QED) is 0.632. The fourth-order valence-corrected chi connectivity index (χ4v) is 4.58. The molecule has 0 bridgehead atoms. The van der Waals surface area contributed by atoms with E-state index < -0.39 is 0 Å². The van der Waals surface area contributed by atoms with E-state index in [-0.39, 0.29) is 0 Å². The van der Waals surface area contributed by atoms with Gasteiger partial charge in [-0.3, -0.25) is 14.9 Å². The summed E-state index contributed by atoms with van der Waals surface area (Å²) in [5.74, 6) is 0.918. The molecule has 1 atom stereocenters. The SMILES string of the molecule is CN=C(NCCc1cccc2cccnc12)NC1CCN(C2CCCC2)C1. The maximum absolute atomic E-state index is 4.55. The molecule has 27 heavy (non-hydrogen) atoms. The van der Waals surface area contributed by atoms with Crippen LogP contribution >= 0.6 is 0 Å². The number of aliphatic imine (C=N–C) groups is 1. The summed E-state index contributed by atoms with van der Waals surface area (Å²) < 4.78 is 0. The van der Waals surface area contributed by atoms with Gasteiger partial charge in [-0.15, -0.1) is 0 Å². The van der Waals surface area contributed by atoms with Crippen LogP contribution < -0.4 is 10.6 Å². The first kappa shape index (κ1) is 18.2. The van der Waals surface area contributed by atoms with Gasteiger partial charge in [0.2, 0.25) is 0 Å². The summed E-state index contributed by atoms with van der Waals surface area (Å²) >= 11 is 0. The van der Waals surface area contributed by atoms with Crippen molar-refractivity contribution in [3.8, 4) is 0 Å². The molecule has 1 saturated carbocycles. The number of guanidine groups is 1. The van der Waals surface area contributed by atoms with E-state index in [0.29, 0.717) is 6.04 Å². The van der Waals surface area contributed by atoms with Crippen LogP contribution in [0.2, 0.25) is 0 Å². The molecule has 4 rings (SSSR count). The molecule has 2 fully saturated rings. The Kier molecular flexibility index (Phi) is 5.87. The molecule has 1 aliphatic carbocycles. The molecule has 1 aromatic carbocycles. The number of benzene rings is 1. The molecule has 5 heteroatoms. The number of hydrogen-bond donors (Lipinski definition) is 2. The van der Waals surface area contributed by atoms with Gasteiger partial charge in [0.15, 0.2) is 5.96 Å². The van der Waals surface area contributed by atoms with Gasteiger partial charge >= 0.3 is 0 Å². The van der Waals surface area contributed by atoms with Crippen LogP contribution in [-0.2, 0) is 6.42 Å². The van der Waals surface area contributed by atoms with E-state index >= 15 is 0 Å². The van der Waals surface area contributed by atoms with Crippen molar-refractivity contribution in [2.24, 2.45) is 4.99 Å². The summed E-state index contributed by atoms with van der Waals surface area (Å²) in [5.41, 5.74) is 2.39. The molecule has 2 aliphatic rings. The van der Waals surface area contributed by atoms with Gasteiger partial charge in [0.05, 0.1) is 5.52 Å². The van der Waals surface area contributed by atoms with Crippen LogP contribution in [0.25, 0.3) is 10.9 Å². The molecule has 2 aromatic rings. The zero-order valence-electron chi connectivity index (χ0n) is 16.3. The molecular formula is C22H31N5. The van der Waals surface area contributed by atoms with Gasteiger partial charge in [-0.1, -0.05) is 37.1 Å². The summed E-state index contributed by atoms with van der Waals surface area (Å²) in [6.07, 6.45) is 9.61. The highest BCUT2D eigenvalue weighted by Crippen LogP contribution is 2.26. The van der Waals surface area contributed by atoms with Gasteiger partial charge in [0, 0.05) is 50.3 Å². The third-order valence-corrected chi connectivity index (χ3v) is 6.03. The zero-order valence-corrected chi connectivity index (χ0v) is 16.3. The molecular weight excluding hydrogens is 334 g/mol. The summed E-state index contributed by atoms with van der Waals surface area (Å²) in [4.78, 5) is 11.7. The highest BCUT2D eigenvalue weighted by molar-refractivity contribution is 5.82. The summed E-state index contributed by atoms with van der Waals surface area (Å²) in [7, 11) is 1.86. The lowest BCUT2D eigenvalue weighted by Gasteiger charge is -2.24. The highest BCUT2D eigenvalue weighted by atomic mass is 15.3. The second kappa shape index (κ2) is 8.70. The smallest absolute Gasteiger partial charge is 0.191 e. The lowest BCUT2D eigenvalue weighted by atomic mass is 10.1. The molecule has 1 unspecified atom stereocenters. The Labute approximate surface area is 162 Å². The maximum Gasteiger partial charge on any atom is 0.191 e. The maximum atomic E-state index is 4.55. The van der Waals surface area contributed by atoms with Crippen molar-refractivity contribution < 1.29 is 0 Å². The van der Waals surface area contributed by atoms with Crippen molar-refractivity contribution in [3.63, 3.8) is 0 Å². The highest BCUT2D eigenvalue weighted by Gasteiger charge is 2.30.